The Kier molecular flexibility index (Phi) is 5.98. The summed E-state index contributed by atoms with van der Waals surface area (Å²) in [6, 6.07) is 9.36. The Morgan fingerprint density at radius 1 is 1.22 bits per heavy atom. The Labute approximate surface area is 189 Å². The number of sulfonamides is 1. The number of carbonyl (C=O) groups is 2. The first-order chi connectivity index (χ1) is 15.2. The molecule has 8 nitrogen and oxygen atoms in total. The summed E-state index contributed by atoms with van der Waals surface area (Å²) in [4.78, 5) is 28.6. The zero-order valence-corrected chi connectivity index (χ0v) is 19.0. The maximum absolute atomic E-state index is 12.4. The number of nitrogens with zero attached hydrogens (tertiary/aromatic N) is 1. The predicted octanol–water partition coefficient (Wildman–Crippen LogP) is 3.96. The van der Waals surface area contributed by atoms with Crippen LogP contribution in [-0.4, -0.2) is 31.7 Å². The molecule has 3 aromatic rings. The topological polar surface area (TPSA) is 114 Å². The van der Waals surface area contributed by atoms with Gasteiger partial charge in [-0.05, 0) is 54.3 Å². The van der Waals surface area contributed by atoms with E-state index in [1.165, 1.54) is 41.8 Å². The Bertz CT molecular complexity index is 1270. The van der Waals surface area contributed by atoms with E-state index in [1.54, 1.807) is 11.4 Å². The van der Waals surface area contributed by atoms with Gasteiger partial charge in [-0.25, -0.2) is 13.4 Å². The van der Waals surface area contributed by atoms with E-state index in [1.807, 2.05) is 19.9 Å². The number of anilines is 2. The second-order valence-corrected chi connectivity index (χ2v) is 10.1. The minimum atomic E-state index is -3.77. The van der Waals surface area contributed by atoms with Crippen LogP contribution in [0.3, 0.4) is 0 Å². The van der Waals surface area contributed by atoms with Crippen LogP contribution in [0.5, 0.6) is 5.75 Å². The highest BCUT2D eigenvalue weighted by molar-refractivity contribution is 7.93. The van der Waals surface area contributed by atoms with Crippen molar-refractivity contribution in [1.29, 1.82) is 0 Å². The average molecular weight is 472 g/mol. The zero-order valence-electron chi connectivity index (χ0n) is 17.4. The lowest BCUT2D eigenvalue weighted by Crippen LogP contribution is -2.21. The van der Waals surface area contributed by atoms with Gasteiger partial charge in [-0.2, -0.15) is 0 Å². The molecule has 1 aromatic heterocycles. The van der Waals surface area contributed by atoms with Crippen molar-refractivity contribution < 1.29 is 22.7 Å². The fraction of sp³-hybridized carbons (Fsp3) is 0.227. The molecule has 1 heterocycles. The van der Waals surface area contributed by atoms with Crippen molar-refractivity contribution in [2.75, 3.05) is 16.6 Å². The van der Waals surface area contributed by atoms with Crippen LogP contribution in [0.15, 0.2) is 52.9 Å². The molecular formula is C22H21N3O5S2. The number of aromatic nitrogens is 1. The first-order valence-corrected chi connectivity index (χ1v) is 12.2. The van der Waals surface area contributed by atoms with Crippen molar-refractivity contribution in [2.45, 2.75) is 31.1 Å². The highest BCUT2D eigenvalue weighted by atomic mass is 32.2. The van der Waals surface area contributed by atoms with Gasteiger partial charge in [0.05, 0.1) is 10.5 Å². The summed E-state index contributed by atoms with van der Waals surface area (Å²) in [6.45, 7) is 3.69. The van der Waals surface area contributed by atoms with E-state index in [0.29, 0.717) is 23.4 Å². The van der Waals surface area contributed by atoms with E-state index in [2.05, 4.69) is 15.0 Å². The number of nitrogens with one attached hydrogen (secondary N) is 2. The van der Waals surface area contributed by atoms with Crippen LogP contribution >= 0.6 is 11.3 Å². The molecule has 2 aromatic carbocycles. The molecule has 32 heavy (non-hydrogen) atoms. The van der Waals surface area contributed by atoms with Gasteiger partial charge in [0.1, 0.15) is 5.75 Å². The van der Waals surface area contributed by atoms with Crippen molar-refractivity contribution >= 4 is 43.9 Å². The molecule has 0 radical (unpaired) electrons. The van der Waals surface area contributed by atoms with Gasteiger partial charge in [0.15, 0.2) is 17.5 Å². The molecule has 1 aliphatic carbocycles. The maximum Gasteiger partial charge on any atom is 0.263 e. The standard InChI is InChI=1S/C22H21N3O5S2/c1-13-3-8-18(21-17(26)11-14(2)20(13)21)30-12-19(27)24-15-4-6-16(7-5-15)32(28,29)25-22-23-9-10-31-22/h3-10,14H,11-12H2,1-2H3,(H,23,25)(H,24,27). The number of carbonyl (C=O) groups excluding carboxylic acids is 2. The Hall–Kier alpha value is -3.24. The molecule has 0 aliphatic heterocycles. The predicted molar refractivity (Wildman–Crippen MR) is 122 cm³/mol. The highest BCUT2D eigenvalue weighted by Crippen LogP contribution is 2.40. The van der Waals surface area contributed by atoms with Crippen molar-refractivity contribution in [3.63, 3.8) is 0 Å². The smallest absolute Gasteiger partial charge is 0.263 e. The van der Waals surface area contributed by atoms with Crippen LogP contribution in [-0.2, 0) is 14.8 Å². The van der Waals surface area contributed by atoms with E-state index in [9.17, 15) is 18.0 Å². The summed E-state index contributed by atoms with van der Waals surface area (Å²) < 4.78 is 32.8. The number of hydrogen-bond donors (Lipinski definition) is 2. The third kappa shape index (κ3) is 4.51. The van der Waals surface area contributed by atoms with Crippen molar-refractivity contribution in [1.82, 2.24) is 4.98 Å². The Balaban J connectivity index is 1.39. The number of fused-ring (bicyclic) bond motifs is 1. The number of hydrogen-bond acceptors (Lipinski definition) is 7. The number of benzene rings is 2. The SMILES string of the molecule is Cc1ccc(OCC(=O)Nc2ccc(S(=O)(=O)Nc3nccs3)cc2)c2c1C(C)CC2=O. The summed E-state index contributed by atoms with van der Waals surface area (Å²) in [6.07, 6.45) is 1.94. The molecule has 2 N–H and O–H groups in total. The zero-order chi connectivity index (χ0) is 22.9. The van der Waals surface area contributed by atoms with Crippen LogP contribution in [0.1, 0.15) is 40.7 Å². The van der Waals surface area contributed by atoms with Gasteiger partial charge in [0.2, 0.25) is 0 Å². The van der Waals surface area contributed by atoms with Gasteiger partial charge in [-0.15, -0.1) is 11.3 Å². The molecule has 1 unspecified atom stereocenters. The number of rotatable bonds is 7. The number of amides is 1. The van der Waals surface area contributed by atoms with Crippen molar-refractivity contribution in [3.8, 4) is 5.75 Å². The molecular weight excluding hydrogens is 450 g/mol. The molecule has 4 rings (SSSR count). The molecule has 1 aliphatic rings. The fourth-order valence-electron chi connectivity index (χ4n) is 3.73. The number of ether oxygens (including phenoxy) is 1. The second kappa shape index (κ2) is 8.71. The van der Waals surface area contributed by atoms with Crippen LogP contribution in [0, 0.1) is 6.92 Å². The maximum atomic E-state index is 12.4. The van der Waals surface area contributed by atoms with E-state index in [0.717, 1.165) is 11.1 Å². The van der Waals surface area contributed by atoms with Gasteiger partial charge in [-0.1, -0.05) is 13.0 Å². The number of ketones is 1. The summed E-state index contributed by atoms with van der Waals surface area (Å²) in [7, 11) is -3.77. The third-order valence-corrected chi connectivity index (χ3v) is 7.32. The summed E-state index contributed by atoms with van der Waals surface area (Å²) in [5.41, 5.74) is 3.00. The number of thiazole rings is 1. The normalized spacial score (nSPS) is 15.3. The Morgan fingerprint density at radius 3 is 2.66 bits per heavy atom. The largest absolute Gasteiger partial charge is 0.483 e. The molecule has 10 heteroatoms. The molecule has 0 bridgehead atoms. The molecule has 1 atom stereocenters. The van der Waals surface area contributed by atoms with Gasteiger partial charge in [-0.3, -0.25) is 14.3 Å². The Morgan fingerprint density at radius 2 is 1.97 bits per heavy atom. The van der Waals surface area contributed by atoms with Crippen LogP contribution < -0.4 is 14.8 Å². The van der Waals surface area contributed by atoms with Crippen LogP contribution in [0.4, 0.5) is 10.8 Å². The number of aryl methyl sites for hydroxylation is 1. The van der Waals surface area contributed by atoms with E-state index in [-0.39, 0.29) is 28.3 Å². The van der Waals surface area contributed by atoms with Gasteiger partial charge in [0.25, 0.3) is 15.9 Å². The van der Waals surface area contributed by atoms with Gasteiger partial charge >= 0.3 is 0 Å². The van der Waals surface area contributed by atoms with Crippen LogP contribution in [0.2, 0.25) is 0 Å². The monoisotopic (exact) mass is 471 g/mol. The molecule has 0 saturated carbocycles. The third-order valence-electron chi connectivity index (χ3n) is 5.15. The fourth-order valence-corrected chi connectivity index (χ4v) is 5.52. The number of Topliss-reactive ketones (excluding diaryl/α,β-unsaturated/α-hetero) is 1. The second-order valence-electron chi connectivity index (χ2n) is 7.50. The van der Waals surface area contributed by atoms with Crippen molar-refractivity contribution in [3.05, 3.63) is 64.7 Å². The first kappa shape index (κ1) is 22.0. The van der Waals surface area contributed by atoms with E-state index < -0.39 is 15.9 Å². The molecule has 0 saturated heterocycles. The lowest BCUT2D eigenvalue weighted by atomic mass is 9.97. The molecule has 0 fully saturated rings. The lowest BCUT2D eigenvalue weighted by Gasteiger charge is -2.13. The highest BCUT2D eigenvalue weighted by Gasteiger charge is 2.31. The summed E-state index contributed by atoms with van der Waals surface area (Å²) >= 11 is 1.17. The van der Waals surface area contributed by atoms with Crippen LogP contribution in [0.25, 0.3) is 0 Å². The summed E-state index contributed by atoms with van der Waals surface area (Å²) in [5, 5.41) is 4.60. The lowest BCUT2D eigenvalue weighted by molar-refractivity contribution is -0.118. The molecule has 1 amide bonds. The van der Waals surface area contributed by atoms with E-state index in [4.69, 9.17) is 4.74 Å². The van der Waals surface area contributed by atoms with Gasteiger partial charge < -0.3 is 10.1 Å². The average Bonchev–Trinajstić information content (AvgIpc) is 3.35. The van der Waals surface area contributed by atoms with Gasteiger partial charge in [0, 0.05) is 23.7 Å². The summed E-state index contributed by atoms with van der Waals surface area (Å²) in [5.74, 6) is 0.142. The molecule has 0 spiro atoms. The minimum Gasteiger partial charge on any atom is -0.483 e. The quantitative estimate of drug-likeness (QED) is 0.539. The first-order valence-electron chi connectivity index (χ1n) is 9.86. The van der Waals surface area contributed by atoms with E-state index >= 15 is 0 Å². The minimum absolute atomic E-state index is 0.0229. The molecule has 166 valence electrons. The van der Waals surface area contributed by atoms with Crippen molar-refractivity contribution in [2.24, 2.45) is 0 Å².